The summed E-state index contributed by atoms with van der Waals surface area (Å²) in [5.41, 5.74) is 6.92. The van der Waals surface area contributed by atoms with E-state index >= 15 is 0 Å². The van der Waals surface area contributed by atoms with Crippen molar-refractivity contribution in [2.45, 2.75) is 6.42 Å². The number of rotatable bonds is 6. The van der Waals surface area contributed by atoms with Gasteiger partial charge in [-0.1, -0.05) is 12.1 Å². The first-order valence-corrected chi connectivity index (χ1v) is 5.57. The Hall–Kier alpha value is -1.59. The molecule has 1 rings (SSSR count). The first-order valence-electron chi connectivity index (χ1n) is 5.57. The zero-order valence-electron chi connectivity index (χ0n) is 10.0. The first-order chi connectivity index (χ1) is 8.13. The Morgan fingerprint density at radius 3 is 2.76 bits per heavy atom. The van der Waals surface area contributed by atoms with Crippen LogP contribution >= 0.6 is 0 Å². The van der Waals surface area contributed by atoms with E-state index < -0.39 is 0 Å². The number of likely N-dealkylation sites (N-methyl/N-ethyl adjacent to an activating group) is 1. The lowest BCUT2D eigenvalue weighted by molar-refractivity contribution is -0.116. The van der Waals surface area contributed by atoms with Gasteiger partial charge in [0, 0.05) is 19.5 Å². The fourth-order valence-electron chi connectivity index (χ4n) is 1.40. The molecule has 0 unspecified atom stereocenters. The molecular weight excluding hydrogens is 218 g/mol. The summed E-state index contributed by atoms with van der Waals surface area (Å²) in [7, 11) is 1.86. The van der Waals surface area contributed by atoms with Gasteiger partial charge in [-0.2, -0.15) is 0 Å². The number of nitrogens with one attached hydrogen (secondary N) is 1. The highest BCUT2D eigenvalue weighted by Crippen LogP contribution is 2.16. The number of hydrogen-bond donors (Lipinski definition) is 3. The van der Waals surface area contributed by atoms with Gasteiger partial charge in [0.2, 0.25) is 5.91 Å². The van der Waals surface area contributed by atoms with E-state index in [2.05, 4.69) is 5.32 Å². The third-order valence-corrected chi connectivity index (χ3v) is 2.44. The summed E-state index contributed by atoms with van der Waals surface area (Å²) < 4.78 is 0. The van der Waals surface area contributed by atoms with Crippen molar-refractivity contribution >= 4 is 17.3 Å². The summed E-state index contributed by atoms with van der Waals surface area (Å²) in [6.45, 7) is 1.28. The Morgan fingerprint density at radius 2 is 2.12 bits per heavy atom. The second kappa shape index (κ2) is 6.88. The number of benzene rings is 1. The minimum absolute atomic E-state index is 0.0762. The van der Waals surface area contributed by atoms with Crippen molar-refractivity contribution in [2.75, 3.05) is 37.8 Å². The number of carbonyl (C=O) groups is 1. The number of nitrogens with zero attached hydrogens (tertiary/aromatic N) is 1. The standard InChI is InChI=1S/C12H19N3O2/c1-15(8-9-16)7-6-12(17)14-11-5-3-2-4-10(11)13/h2-5,16H,6-9,13H2,1H3,(H,14,17). The fourth-order valence-corrected chi connectivity index (χ4v) is 1.40. The molecule has 17 heavy (non-hydrogen) atoms. The van der Waals surface area contributed by atoms with E-state index in [1.54, 1.807) is 12.1 Å². The molecule has 1 aromatic carbocycles. The molecule has 0 aliphatic carbocycles. The van der Waals surface area contributed by atoms with Crippen LogP contribution in [0.1, 0.15) is 6.42 Å². The Bertz CT molecular complexity index is 369. The van der Waals surface area contributed by atoms with Crippen LogP contribution in [0.25, 0.3) is 0 Å². The van der Waals surface area contributed by atoms with Crippen LogP contribution in [0.4, 0.5) is 11.4 Å². The zero-order chi connectivity index (χ0) is 12.7. The molecule has 0 fully saturated rings. The quantitative estimate of drug-likeness (QED) is 0.630. The molecule has 0 bridgehead atoms. The van der Waals surface area contributed by atoms with Gasteiger partial charge in [0.25, 0.3) is 0 Å². The van der Waals surface area contributed by atoms with Crippen molar-refractivity contribution < 1.29 is 9.90 Å². The Morgan fingerprint density at radius 1 is 1.41 bits per heavy atom. The molecule has 5 heteroatoms. The van der Waals surface area contributed by atoms with Crippen molar-refractivity contribution in [1.82, 2.24) is 4.90 Å². The molecule has 0 heterocycles. The third-order valence-electron chi connectivity index (χ3n) is 2.44. The molecule has 0 aliphatic rings. The summed E-state index contributed by atoms with van der Waals surface area (Å²) in [4.78, 5) is 13.5. The second-order valence-corrected chi connectivity index (χ2v) is 3.91. The molecule has 0 spiro atoms. The van der Waals surface area contributed by atoms with Gasteiger partial charge in [-0.25, -0.2) is 0 Å². The highest BCUT2D eigenvalue weighted by Gasteiger charge is 2.06. The molecule has 4 N–H and O–H groups in total. The minimum atomic E-state index is -0.0762. The molecule has 0 saturated carbocycles. The van der Waals surface area contributed by atoms with Crippen molar-refractivity contribution in [3.8, 4) is 0 Å². The predicted octanol–water partition coefficient (Wildman–Crippen LogP) is 0.521. The van der Waals surface area contributed by atoms with Crippen LogP contribution in [0.15, 0.2) is 24.3 Å². The number of nitrogens with two attached hydrogens (primary N) is 1. The molecule has 0 aliphatic heterocycles. The number of aliphatic hydroxyl groups excluding tert-OH is 1. The third kappa shape index (κ3) is 4.84. The van der Waals surface area contributed by atoms with Crippen LogP contribution in [-0.4, -0.2) is 42.7 Å². The smallest absolute Gasteiger partial charge is 0.225 e. The highest BCUT2D eigenvalue weighted by molar-refractivity contribution is 5.93. The second-order valence-electron chi connectivity index (χ2n) is 3.91. The van der Waals surface area contributed by atoms with Crippen LogP contribution in [0.2, 0.25) is 0 Å². The van der Waals surface area contributed by atoms with E-state index in [1.165, 1.54) is 0 Å². The maximum Gasteiger partial charge on any atom is 0.225 e. The van der Waals surface area contributed by atoms with Crippen LogP contribution in [-0.2, 0) is 4.79 Å². The molecule has 94 valence electrons. The van der Waals surface area contributed by atoms with Crippen LogP contribution < -0.4 is 11.1 Å². The van der Waals surface area contributed by atoms with Crippen molar-refractivity contribution in [1.29, 1.82) is 0 Å². The molecule has 1 amide bonds. The number of aliphatic hydroxyl groups is 1. The number of carbonyl (C=O) groups excluding carboxylic acids is 1. The number of para-hydroxylation sites is 2. The average Bonchev–Trinajstić information content (AvgIpc) is 2.30. The van der Waals surface area contributed by atoms with Crippen LogP contribution in [0.3, 0.4) is 0 Å². The molecule has 1 aromatic rings. The van der Waals surface area contributed by atoms with E-state index in [1.807, 2.05) is 24.1 Å². The normalized spacial score (nSPS) is 10.5. The number of nitrogen functional groups attached to an aromatic ring is 1. The zero-order valence-corrected chi connectivity index (χ0v) is 10.0. The highest BCUT2D eigenvalue weighted by atomic mass is 16.3. The molecule has 0 atom stereocenters. The molecule has 0 radical (unpaired) electrons. The lowest BCUT2D eigenvalue weighted by Gasteiger charge is -2.14. The lowest BCUT2D eigenvalue weighted by Crippen LogP contribution is -2.26. The summed E-state index contributed by atoms with van der Waals surface area (Å²) in [5.74, 6) is -0.0762. The SMILES string of the molecule is CN(CCO)CCC(=O)Nc1ccccc1N. The molecular formula is C12H19N3O2. The Balaban J connectivity index is 2.37. The van der Waals surface area contributed by atoms with Crippen LogP contribution in [0, 0.1) is 0 Å². The van der Waals surface area contributed by atoms with E-state index in [-0.39, 0.29) is 12.5 Å². The molecule has 0 saturated heterocycles. The maximum absolute atomic E-state index is 11.6. The van der Waals surface area contributed by atoms with Gasteiger partial charge in [0.05, 0.1) is 18.0 Å². The van der Waals surface area contributed by atoms with Crippen molar-refractivity contribution in [3.05, 3.63) is 24.3 Å². The van der Waals surface area contributed by atoms with Crippen molar-refractivity contribution in [2.24, 2.45) is 0 Å². The van der Waals surface area contributed by atoms with E-state index in [4.69, 9.17) is 10.8 Å². The monoisotopic (exact) mass is 237 g/mol. The number of hydrogen-bond acceptors (Lipinski definition) is 4. The van der Waals surface area contributed by atoms with Gasteiger partial charge in [-0.05, 0) is 19.2 Å². The predicted molar refractivity (Wildman–Crippen MR) is 68.7 cm³/mol. The number of anilines is 2. The summed E-state index contributed by atoms with van der Waals surface area (Å²) in [5, 5.41) is 11.5. The van der Waals surface area contributed by atoms with Gasteiger partial charge in [0.15, 0.2) is 0 Å². The van der Waals surface area contributed by atoms with Gasteiger partial charge in [-0.3, -0.25) is 4.79 Å². The minimum Gasteiger partial charge on any atom is -0.397 e. The fraction of sp³-hybridized carbons (Fsp3) is 0.417. The van der Waals surface area contributed by atoms with E-state index in [0.29, 0.717) is 30.9 Å². The summed E-state index contributed by atoms with van der Waals surface area (Å²) in [6, 6.07) is 7.15. The lowest BCUT2D eigenvalue weighted by atomic mass is 10.2. The topological polar surface area (TPSA) is 78.6 Å². The van der Waals surface area contributed by atoms with Crippen molar-refractivity contribution in [3.63, 3.8) is 0 Å². The Kier molecular flexibility index (Phi) is 5.45. The summed E-state index contributed by atoms with van der Waals surface area (Å²) in [6.07, 6.45) is 0.380. The molecule has 5 nitrogen and oxygen atoms in total. The maximum atomic E-state index is 11.6. The van der Waals surface area contributed by atoms with Crippen LogP contribution in [0.5, 0.6) is 0 Å². The van der Waals surface area contributed by atoms with Gasteiger partial charge in [0.1, 0.15) is 0 Å². The molecule has 0 aromatic heterocycles. The van der Waals surface area contributed by atoms with Gasteiger partial charge < -0.3 is 21.1 Å². The van der Waals surface area contributed by atoms with E-state index in [0.717, 1.165) is 0 Å². The van der Waals surface area contributed by atoms with E-state index in [9.17, 15) is 4.79 Å². The largest absolute Gasteiger partial charge is 0.397 e. The van der Waals surface area contributed by atoms with Gasteiger partial charge >= 0.3 is 0 Å². The average molecular weight is 237 g/mol. The Labute approximate surface area is 101 Å². The summed E-state index contributed by atoms with van der Waals surface area (Å²) >= 11 is 0. The first kappa shape index (κ1) is 13.5. The van der Waals surface area contributed by atoms with Gasteiger partial charge in [-0.15, -0.1) is 0 Å². The number of amides is 1.